The standard InChI is InChI=1S/C18H22N2/c1-20-14-6-10-18(20)16-9-5-13-19-17(16)12-11-15-7-3-2-4-8-15/h2-5,7-9,13,18H,6,10-12,14H2,1H3/t18-/m0/s1. The van der Waals surface area contributed by atoms with Gasteiger partial charge in [-0.05, 0) is 56.5 Å². The number of likely N-dealkylation sites (tertiary alicyclic amines) is 1. The van der Waals surface area contributed by atoms with Gasteiger partial charge in [0.15, 0.2) is 0 Å². The lowest BCUT2D eigenvalue weighted by Crippen LogP contribution is -2.19. The highest BCUT2D eigenvalue weighted by Gasteiger charge is 2.24. The zero-order valence-corrected chi connectivity index (χ0v) is 12.1. The van der Waals surface area contributed by atoms with Crippen molar-refractivity contribution in [3.05, 3.63) is 65.5 Å². The molecular weight excluding hydrogens is 244 g/mol. The molecule has 0 N–H and O–H groups in total. The number of aromatic nitrogens is 1. The van der Waals surface area contributed by atoms with Crippen molar-refractivity contribution in [1.29, 1.82) is 0 Å². The van der Waals surface area contributed by atoms with Crippen molar-refractivity contribution >= 4 is 0 Å². The van der Waals surface area contributed by atoms with Gasteiger partial charge in [0, 0.05) is 17.9 Å². The van der Waals surface area contributed by atoms with Crippen LogP contribution >= 0.6 is 0 Å². The van der Waals surface area contributed by atoms with Crippen molar-refractivity contribution in [1.82, 2.24) is 9.88 Å². The maximum absolute atomic E-state index is 4.65. The van der Waals surface area contributed by atoms with E-state index in [1.807, 2.05) is 6.20 Å². The first-order valence-corrected chi connectivity index (χ1v) is 7.52. The van der Waals surface area contributed by atoms with Gasteiger partial charge in [-0.2, -0.15) is 0 Å². The molecule has 104 valence electrons. The third-order valence-electron chi connectivity index (χ3n) is 4.30. The SMILES string of the molecule is CN1CCC[C@H]1c1cccnc1CCc1ccccc1. The fraction of sp³-hybridized carbons (Fsp3) is 0.389. The number of pyridine rings is 1. The molecule has 1 aromatic heterocycles. The zero-order chi connectivity index (χ0) is 13.8. The van der Waals surface area contributed by atoms with E-state index in [4.69, 9.17) is 0 Å². The first-order chi connectivity index (χ1) is 9.84. The summed E-state index contributed by atoms with van der Waals surface area (Å²) < 4.78 is 0. The third kappa shape index (κ3) is 2.91. The van der Waals surface area contributed by atoms with Gasteiger partial charge >= 0.3 is 0 Å². The van der Waals surface area contributed by atoms with Gasteiger partial charge in [0.05, 0.1) is 0 Å². The summed E-state index contributed by atoms with van der Waals surface area (Å²) in [6.45, 7) is 1.21. The molecule has 0 bridgehead atoms. The summed E-state index contributed by atoms with van der Waals surface area (Å²) in [7, 11) is 2.23. The van der Waals surface area contributed by atoms with E-state index in [0.717, 1.165) is 12.8 Å². The summed E-state index contributed by atoms with van der Waals surface area (Å²) >= 11 is 0. The summed E-state index contributed by atoms with van der Waals surface area (Å²) in [4.78, 5) is 7.11. The van der Waals surface area contributed by atoms with Gasteiger partial charge in [0.2, 0.25) is 0 Å². The van der Waals surface area contributed by atoms with E-state index in [1.54, 1.807) is 0 Å². The van der Waals surface area contributed by atoms with Crippen molar-refractivity contribution in [3.8, 4) is 0 Å². The molecule has 0 saturated carbocycles. The van der Waals surface area contributed by atoms with Gasteiger partial charge in [-0.25, -0.2) is 0 Å². The minimum absolute atomic E-state index is 0.564. The highest BCUT2D eigenvalue weighted by atomic mass is 15.1. The Morgan fingerprint density at radius 2 is 1.95 bits per heavy atom. The summed E-state index contributed by atoms with van der Waals surface area (Å²) in [6, 6.07) is 15.6. The van der Waals surface area contributed by atoms with Crippen molar-refractivity contribution < 1.29 is 0 Å². The van der Waals surface area contributed by atoms with Crippen molar-refractivity contribution in [2.45, 2.75) is 31.7 Å². The number of rotatable bonds is 4. The number of benzene rings is 1. The largest absolute Gasteiger partial charge is 0.299 e. The van der Waals surface area contributed by atoms with Crippen LogP contribution in [0.25, 0.3) is 0 Å². The average Bonchev–Trinajstić information content (AvgIpc) is 2.92. The van der Waals surface area contributed by atoms with E-state index in [-0.39, 0.29) is 0 Å². The second-order valence-electron chi connectivity index (χ2n) is 5.66. The molecule has 2 heteroatoms. The van der Waals surface area contributed by atoms with E-state index >= 15 is 0 Å². The molecule has 3 rings (SSSR count). The molecule has 2 aromatic rings. The van der Waals surface area contributed by atoms with Gasteiger partial charge in [-0.3, -0.25) is 9.88 Å². The lowest BCUT2D eigenvalue weighted by Gasteiger charge is -2.22. The van der Waals surface area contributed by atoms with Gasteiger partial charge in [0.25, 0.3) is 0 Å². The number of aryl methyl sites for hydroxylation is 2. The molecule has 1 fully saturated rings. The topological polar surface area (TPSA) is 16.1 Å². The van der Waals surface area contributed by atoms with Crippen LogP contribution < -0.4 is 0 Å². The number of hydrogen-bond acceptors (Lipinski definition) is 2. The smallest absolute Gasteiger partial charge is 0.0454 e. The highest BCUT2D eigenvalue weighted by Crippen LogP contribution is 2.32. The lowest BCUT2D eigenvalue weighted by molar-refractivity contribution is 0.315. The van der Waals surface area contributed by atoms with E-state index in [2.05, 4.69) is 59.4 Å². The number of nitrogens with zero attached hydrogens (tertiary/aromatic N) is 2. The molecule has 1 atom stereocenters. The molecule has 1 aliphatic heterocycles. The Morgan fingerprint density at radius 1 is 1.10 bits per heavy atom. The monoisotopic (exact) mass is 266 g/mol. The Labute approximate surface area is 121 Å². The van der Waals surface area contributed by atoms with Crippen LogP contribution in [0, 0.1) is 0 Å². The van der Waals surface area contributed by atoms with Crippen LogP contribution in [0.2, 0.25) is 0 Å². The van der Waals surface area contributed by atoms with Crippen molar-refractivity contribution in [2.24, 2.45) is 0 Å². The summed E-state index contributed by atoms with van der Waals surface area (Å²) in [5, 5.41) is 0. The molecular formula is C18H22N2. The summed E-state index contributed by atoms with van der Waals surface area (Å²) in [6.07, 6.45) is 6.60. The Bertz CT molecular complexity index is 550. The minimum Gasteiger partial charge on any atom is -0.299 e. The normalized spacial score (nSPS) is 19.4. The summed E-state index contributed by atoms with van der Waals surface area (Å²) in [5.41, 5.74) is 4.10. The molecule has 1 aliphatic rings. The van der Waals surface area contributed by atoms with E-state index in [9.17, 15) is 0 Å². The molecule has 0 amide bonds. The van der Waals surface area contributed by atoms with E-state index in [0.29, 0.717) is 6.04 Å². The molecule has 20 heavy (non-hydrogen) atoms. The van der Waals surface area contributed by atoms with Crippen LogP contribution in [-0.2, 0) is 12.8 Å². The van der Waals surface area contributed by atoms with E-state index in [1.165, 1.54) is 36.2 Å². The molecule has 0 unspecified atom stereocenters. The second kappa shape index (κ2) is 6.19. The molecule has 0 radical (unpaired) electrons. The molecule has 1 aromatic carbocycles. The highest BCUT2D eigenvalue weighted by molar-refractivity contribution is 5.26. The Hall–Kier alpha value is -1.67. The van der Waals surface area contributed by atoms with Crippen LogP contribution in [0.4, 0.5) is 0 Å². The van der Waals surface area contributed by atoms with Crippen LogP contribution in [0.3, 0.4) is 0 Å². The second-order valence-corrected chi connectivity index (χ2v) is 5.66. The maximum atomic E-state index is 4.65. The van der Waals surface area contributed by atoms with Gasteiger partial charge in [-0.15, -0.1) is 0 Å². The van der Waals surface area contributed by atoms with Gasteiger partial charge < -0.3 is 0 Å². The molecule has 1 saturated heterocycles. The Morgan fingerprint density at radius 3 is 2.70 bits per heavy atom. The first kappa shape index (κ1) is 13.3. The van der Waals surface area contributed by atoms with Gasteiger partial charge in [-0.1, -0.05) is 36.4 Å². The Kier molecular flexibility index (Phi) is 4.12. The molecule has 0 aliphatic carbocycles. The zero-order valence-electron chi connectivity index (χ0n) is 12.1. The number of hydrogen-bond donors (Lipinski definition) is 0. The molecule has 0 spiro atoms. The van der Waals surface area contributed by atoms with Crippen LogP contribution in [-0.4, -0.2) is 23.5 Å². The third-order valence-corrected chi connectivity index (χ3v) is 4.30. The van der Waals surface area contributed by atoms with Crippen LogP contribution in [0.5, 0.6) is 0 Å². The maximum Gasteiger partial charge on any atom is 0.0454 e. The quantitative estimate of drug-likeness (QED) is 0.840. The minimum atomic E-state index is 0.564. The fourth-order valence-electron chi connectivity index (χ4n) is 3.17. The van der Waals surface area contributed by atoms with E-state index < -0.39 is 0 Å². The first-order valence-electron chi connectivity index (χ1n) is 7.52. The van der Waals surface area contributed by atoms with Gasteiger partial charge in [0.1, 0.15) is 0 Å². The summed E-state index contributed by atoms with van der Waals surface area (Å²) in [5.74, 6) is 0. The lowest BCUT2D eigenvalue weighted by atomic mass is 9.98. The molecule has 2 heterocycles. The predicted molar refractivity (Wildman–Crippen MR) is 82.7 cm³/mol. The van der Waals surface area contributed by atoms with Crippen molar-refractivity contribution in [3.63, 3.8) is 0 Å². The van der Waals surface area contributed by atoms with Crippen LogP contribution in [0.15, 0.2) is 48.7 Å². The molecule has 2 nitrogen and oxygen atoms in total. The fourth-order valence-corrected chi connectivity index (χ4v) is 3.17. The predicted octanol–water partition coefficient (Wildman–Crippen LogP) is 3.63. The van der Waals surface area contributed by atoms with Crippen molar-refractivity contribution in [2.75, 3.05) is 13.6 Å². The average molecular weight is 266 g/mol. The van der Waals surface area contributed by atoms with Crippen LogP contribution in [0.1, 0.15) is 35.7 Å². The Balaban J connectivity index is 1.76.